The van der Waals surface area contributed by atoms with Gasteiger partial charge in [0.15, 0.2) is 0 Å². The van der Waals surface area contributed by atoms with Crippen LogP contribution in [-0.2, 0) is 9.59 Å². The van der Waals surface area contributed by atoms with Crippen LogP contribution in [0.25, 0.3) is 10.4 Å². The number of nitrogens with zero attached hydrogens (tertiary/aromatic N) is 3. The zero-order chi connectivity index (χ0) is 25.3. The van der Waals surface area contributed by atoms with Gasteiger partial charge in [-0.15, -0.1) is 11.3 Å². The number of carbonyl (C=O) groups is 2. The van der Waals surface area contributed by atoms with Gasteiger partial charge in [0, 0.05) is 12.6 Å². The molecule has 186 valence electrons. The lowest BCUT2D eigenvalue weighted by Gasteiger charge is -2.33. The third kappa shape index (κ3) is 5.32. The molecule has 1 aliphatic heterocycles. The van der Waals surface area contributed by atoms with E-state index in [2.05, 4.69) is 27.6 Å². The Kier molecular flexibility index (Phi) is 7.12. The molecule has 0 aliphatic carbocycles. The van der Waals surface area contributed by atoms with E-state index in [-0.39, 0.29) is 23.3 Å². The number of benzene rings is 1. The molecule has 7 nitrogen and oxygen atoms in total. The molecule has 1 N–H and O–H groups in total. The number of nitrogens with one attached hydrogen (secondary N) is 1. The van der Waals surface area contributed by atoms with Gasteiger partial charge in [0.1, 0.15) is 17.7 Å². The van der Waals surface area contributed by atoms with E-state index in [1.807, 2.05) is 65.3 Å². The van der Waals surface area contributed by atoms with Crippen molar-refractivity contribution in [3.05, 3.63) is 58.6 Å². The first-order chi connectivity index (χ1) is 16.6. The van der Waals surface area contributed by atoms with Crippen molar-refractivity contribution in [1.29, 1.82) is 0 Å². The molecule has 0 radical (unpaired) electrons. The normalized spacial score (nSPS) is 17.9. The molecule has 8 heteroatoms. The van der Waals surface area contributed by atoms with Crippen molar-refractivity contribution in [3.8, 4) is 10.4 Å². The molecule has 3 heterocycles. The lowest BCUT2D eigenvalue weighted by molar-refractivity contribution is -0.142. The number of carbonyl (C=O) groups excluding carboxylic acids is 2. The van der Waals surface area contributed by atoms with Crippen LogP contribution in [0.4, 0.5) is 0 Å². The average molecular weight is 495 g/mol. The van der Waals surface area contributed by atoms with Crippen LogP contribution in [-0.4, -0.2) is 39.4 Å². The van der Waals surface area contributed by atoms with Gasteiger partial charge in [-0.25, -0.2) is 4.98 Å². The fraction of sp³-hybridized carbons (Fsp3) is 0.481. The molecule has 3 aromatic rings. The quantitative estimate of drug-likeness (QED) is 0.495. The lowest BCUT2D eigenvalue weighted by atomic mass is 9.78. The molecular formula is C27H34N4O3S. The number of hydrogen-bond donors (Lipinski definition) is 1. The van der Waals surface area contributed by atoms with Gasteiger partial charge in [0.05, 0.1) is 27.8 Å². The zero-order valence-corrected chi connectivity index (χ0v) is 22.1. The van der Waals surface area contributed by atoms with E-state index >= 15 is 0 Å². The Balaban J connectivity index is 1.47. The molecule has 1 saturated heterocycles. The molecule has 2 aromatic heterocycles. The van der Waals surface area contributed by atoms with E-state index < -0.39 is 12.0 Å². The minimum absolute atomic E-state index is 0.0803. The van der Waals surface area contributed by atoms with Crippen molar-refractivity contribution in [2.24, 2.45) is 5.41 Å². The molecule has 3 unspecified atom stereocenters. The van der Waals surface area contributed by atoms with Gasteiger partial charge >= 0.3 is 0 Å². The topological polar surface area (TPSA) is 88.3 Å². The van der Waals surface area contributed by atoms with E-state index in [1.165, 1.54) is 0 Å². The number of aromatic nitrogens is 2. The van der Waals surface area contributed by atoms with E-state index in [0.29, 0.717) is 18.7 Å². The van der Waals surface area contributed by atoms with Gasteiger partial charge in [0.25, 0.3) is 0 Å². The van der Waals surface area contributed by atoms with Crippen LogP contribution in [0.5, 0.6) is 0 Å². The Morgan fingerprint density at radius 1 is 1.20 bits per heavy atom. The summed E-state index contributed by atoms with van der Waals surface area (Å²) in [7, 11) is 0. The Hall–Kier alpha value is -3.00. The Morgan fingerprint density at radius 2 is 1.91 bits per heavy atom. The van der Waals surface area contributed by atoms with Crippen LogP contribution in [0, 0.1) is 19.3 Å². The summed E-state index contributed by atoms with van der Waals surface area (Å²) < 4.78 is 5.49. The van der Waals surface area contributed by atoms with Gasteiger partial charge < -0.3 is 14.7 Å². The number of thiazole rings is 1. The van der Waals surface area contributed by atoms with E-state index in [9.17, 15) is 9.59 Å². The number of amides is 2. The Bertz CT molecular complexity index is 1190. The summed E-state index contributed by atoms with van der Waals surface area (Å²) in [6.07, 6.45) is 1.45. The number of rotatable bonds is 6. The Labute approximate surface area is 210 Å². The second-order valence-corrected chi connectivity index (χ2v) is 11.3. The van der Waals surface area contributed by atoms with Crippen LogP contribution < -0.4 is 5.32 Å². The Morgan fingerprint density at radius 3 is 2.49 bits per heavy atom. The van der Waals surface area contributed by atoms with E-state index in [4.69, 9.17) is 4.52 Å². The summed E-state index contributed by atoms with van der Waals surface area (Å²) >= 11 is 1.62. The van der Waals surface area contributed by atoms with Gasteiger partial charge in [-0.3, -0.25) is 9.59 Å². The predicted octanol–water partition coefficient (Wildman–Crippen LogP) is 5.41. The number of aryl methyl sites for hydroxylation is 2. The summed E-state index contributed by atoms with van der Waals surface area (Å²) in [5.74, 6) is -0.150. The largest absolute Gasteiger partial charge is 0.360 e. The van der Waals surface area contributed by atoms with Crippen LogP contribution in [0.15, 0.2) is 40.4 Å². The average Bonchev–Trinajstić information content (AvgIpc) is 3.54. The molecule has 0 saturated carbocycles. The molecule has 35 heavy (non-hydrogen) atoms. The molecule has 1 aromatic carbocycles. The maximum atomic E-state index is 13.7. The standard InChI is InChI=1S/C27H34N4O3S/c1-16-14-22(34-30-16)23(27(4,5)6)26(33)31-13-7-8-21(31)25(32)29-17(2)19-9-11-20(12-10-19)24-18(3)28-15-35-24/h9-12,14-15,17,21,23H,7-8,13H2,1-6H3,(H,29,32). The smallest absolute Gasteiger partial charge is 0.243 e. The predicted molar refractivity (Wildman–Crippen MR) is 137 cm³/mol. The van der Waals surface area contributed by atoms with Gasteiger partial charge in [-0.2, -0.15) is 0 Å². The molecule has 3 atom stereocenters. The van der Waals surface area contributed by atoms with Crippen LogP contribution in [0.2, 0.25) is 0 Å². The zero-order valence-electron chi connectivity index (χ0n) is 21.3. The number of likely N-dealkylation sites (tertiary alicyclic amines) is 1. The van der Waals surface area contributed by atoms with Crippen molar-refractivity contribution in [2.75, 3.05) is 6.54 Å². The fourth-order valence-electron chi connectivity index (χ4n) is 4.80. The molecule has 4 rings (SSSR count). The third-order valence-corrected chi connectivity index (χ3v) is 7.64. The lowest BCUT2D eigenvalue weighted by Crippen LogP contribution is -2.49. The summed E-state index contributed by atoms with van der Waals surface area (Å²) in [4.78, 5) is 34.2. The molecule has 0 bridgehead atoms. The molecular weight excluding hydrogens is 460 g/mol. The SMILES string of the molecule is Cc1cc(C(C(=O)N2CCCC2C(=O)NC(C)c2ccc(-c3scnc3C)cc2)C(C)(C)C)on1. The maximum Gasteiger partial charge on any atom is 0.243 e. The van der Waals surface area contributed by atoms with Gasteiger partial charge in [0.2, 0.25) is 11.8 Å². The highest BCUT2D eigenvalue weighted by Gasteiger charge is 2.43. The molecule has 1 fully saturated rings. The summed E-state index contributed by atoms with van der Waals surface area (Å²) in [6, 6.07) is 9.37. The summed E-state index contributed by atoms with van der Waals surface area (Å²) in [5, 5.41) is 7.12. The first-order valence-electron chi connectivity index (χ1n) is 12.1. The highest BCUT2D eigenvalue weighted by atomic mass is 32.1. The second-order valence-electron chi connectivity index (χ2n) is 10.5. The molecule has 2 amide bonds. The van der Waals surface area contributed by atoms with Crippen molar-refractivity contribution < 1.29 is 14.1 Å². The van der Waals surface area contributed by atoms with Crippen molar-refractivity contribution in [3.63, 3.8) is 0 Å². The highest BCUT2D eigenvalue weighted by molar-refractivity contribution is 7.13. The van der Waals surface area contributed by atoms with E-state index in [0.717, 1.165) is 33.8 Å². The van der Waals surface area contributed by atoms with E-state index in [1.54, 1.807) is 16.2 Å². The van der Waals surface area contributed by atoms with Crippen molar-refractivity contribution >= 4 is 23.2 Å². The maximum absolute atomic E-state index is 13.7. The first kappa shape index (κ1) is 25.1. The van der Waals surface area contributed by atoms with Crippen LogP contribution in [0.1, 0.15) is 75.2 Å². The van der Waals surface area contributed by atoms with Gasteiger partial charge in [-0.1, -0.05) is 50.2 Å². The minimum atomic E-state index is -0.503. The van der Waals surface area contributed by atoms with Crippen molar-refractivity contribution in [2.45, 2.75) is 72.4 Å². The summed E-state index contributed by atoms with van der Waals surface area (Å²) in [6.45, 7) is 12.4. The fourth-order valence-corrected chi connectivity index (χ4v) is 5.61. The van der Waals surface area contributed by atoms with Crippen LogP contribution >= 0.6 is 11.3 Å². The third-order valence-electron chi connectivity index (χ3n) is 6.66. The molecule has 1 aliphatic rings. The second kappa shape index (κ2) is 9.93. The molecule has 0 spiro atoms. The number of hydrogen-bond acceptors (Lipinski definition) is 6. The first-order valence-corrected chi connectivity index (χ1v) is 13.0. The highest BCUT2D eigenvalue weighted by Crippen LogP contribution is 2.38. The monoisotopic (exact) mass is 494 g/mol. The van der Waals surface area contributed by atoms with Crippen LogP contribution in [0.3, 0.4) is 0 Å². The van der Waals surface area contributed by atoms with Gasteiger partial charge in [-0.05, 0) is 50.2 Å². The minimum Gasteiger partial charge on any atom is -0.360 e. The van der Waals surface area contributed by atoms with Crippen molar-refractivity contribution in [1.82, 2.24) is 20.4 Å². The summed E-state index contributed by atoms with van der Waals surface area (Å²) in [5.41, 5.74) is 5.37.